The average Bonchev–Trinajstić information content (AvgIpc) is 2.57. The molecular weight excluding hydrogens is 352 g/mol. The third kappa shape index (κ3) is 11.7. The maximum Gasteiger partial charge on any atom is 0.407 e. The molecule has 27 heavy (non-hydrogen) atoms. The van der Waals surface area contributed by atoms with E-state index in [2.05, 4.69) is 10.6 Å². The van der Waals surface area contributed by atoms with Crippen molar-refractivity contribution in [2.45, 2.75) is 51.7 Å². The highest BCUT2D eigenvalue weighted by Crippen LogP contribution is 2.14. The first-order valence-electron chi connectivity index (χ1n) is 8.99. The van der Waals surface area contributed by atoms with Crippen molar-refractivity contribution in [3.8, 4) is 5.75 Å². The lowest BCUT2D eigenvalue weighted by atomic mass is 10.1. The molecule has 1 rings (SSSR count). The molecule has 0 fully saturated rings. The van der Waals surface area contributed by atoms with Gasteiger partial charge in [0.05, 0.1) is 6.54 Å². The van der Waals surface area contributed by atoms with Crippen molar-refractivity contribution in [3.63, 3.8) is 0 Å². The minimum absolute atomic E-state index is 0.0391. The number of carbonyl (C=O) groups is 2. The second-order valence-electron chi connectivity index (χ2n) is 7.18. The number of hydrogen-bond acceptors (Lipinski definition) is 5. The lowest BCUT2D eigenvalue weighted by molar-refractivity contribution is 0.0463. The molecule has 4 N–H and O–H groups in total. The number of aryl methyl sites for hydroxylation is 1. The molecule has 0 aliphatic rings. The summed E-state index contributed by atoms with van der Waals surface area (Å²) in [5.41, 5.74) is 0.546. The molecule has 1 unspecified atom stereocenters. The first-order valence-corrected chi connectivity index (χ1v) is 8.99. The Hall–Kier alpha value is -2.48. The van der Waals surface area contributed by atoms with Crippen LogP contribution in [0.4, 0.5) is 9.59 Å². The molecule has 0 spiro atoms. The van der Waals surface area contributed by atoms with Crippen molar-refractivity contribution in [2.75, 3.05) is 19.7 Å². The topological polar surface area (TPSA) is 117 Å². The molecule has 0 saturated carbocycles. The lowest BCUT2D eigenvalue weighted by Gasteiger charge is -2.20. The molecule has 0 aliphatic heterocycles. The lowest BCUT2D eigenvalue weighted by Crippen LogP contribution is -2.38. The van der Waals surface area contributed by atoms with Crippen molar-refractivity contribution in [2.24, 2.45) is 0 Å². The fraction of sp³-hybridized carbons (Fsp3) is 0.579. The van der Waals surface area contributed by atoms with Gasteiger partial charge >= 0.3 is 12.2 Å². The van der Waals surface area contributed by atoms with Gasteiger partial charge in [-0.25, -0.2) is 9.59 Å². The van der Waals surface area contributed by atoms with Gasteiger partial charge in [0.15, 0.2) is 0 Å². The number of unbranched alkanes of at least 4 members (excludes halogenated alkanes) is 1. The Bertz CT molecular complexity index is 583. The van der Waals surface area contributed by atoms with Gasteiger partial charge in [-0.2, -0.15) is 0 Å². The quantitative estimate of drug-likeness (QED) is 0.462. The predicted molar refractivity (Wildman–Crippen MR) is 101 cm³/mol. The summed E-state index contributed by atoms with van der Waals surface area (Å²) in [7, 11) is 0. The van der Waals surface area contributed by atoms with Gasteiger partial charge in [-0.15, -0.1) is 0 Å². The molecule has 0 aromatic heterocycles. The first kappa shape index (κ1) is 22.6. The number of nitrogens with one attached hydrogen (secondary N) is 2. The van der Waals surface area contributed by atoms with E-state index in [4.69, 9.17) is 14.6 Å². The predicted octanol–water partition coefficient (Wildman–Crippen LogP) is 2.54. The summed E-state index contributed by atoms with van der Waals surface area (Å²) in [6.45, 7) is 5.84. The molecule has 0 saturated heterocycles. The number of carboxylic acid groups (broad SMARTS) is 1. The Kier molecular flexibility index (Phi) is 9.42. The first-order chi connectivity index (χ1) is 12.7. The van der Waals surface area contributed by atoms with E-state index < -0.39 is 23.9 Å². The second-order valence-corrected chi connectivity index (χ2v) is 7.18. The smallest absolute Gasteiger partial charge is 0.407 e. The Morgan fingerprint density at radius 1 is 1.11 bits per heavy atom. The van der Waals surface area contributed by atoms with Crippen molar-refractivity contribution >= 4 is 12.2 Å². The zero-order valence-electron chi connectivity index (χ0n) is 16.2. The minimum atomic E-state index is -1.00. The number of alkyl carbamates (subject to hydrolysis) is 1. The summed E-state index contributed by atoms with van der Waals surface area (Å²) in [6.07, 6.45) is 0.0874. The third-order valence-electron chi connectivity index (χ3n) is 3.42. The van der Waals surface area contributed by atoms with E-state index in [1.807, 2.05) is 24.3 Å². The molecule has 8 nitrogen and oxygen atoms in total. The van der Waals surface area contributed by atoms with Gasteiger partial charge in [0.25, 0.3) is 0 Å². The molecule has 0 radical (unpaired) electrons. The van der Waals surface area contributed by atoms with Crippen molar-refractivity contribution < 1.29 is 29.3 Å². The third-order valence-corrected chi connectivity index (χ3v) is 3.42. The van der Waals surface area contributed by atoms with Crippen LogP contribution in [0.3, 0.4) is 0 Å². The van der Waals surface area contributed by atoms with Crippen LogP contribution in [-0.2, 0) is 11.2 Å². The summed E-state index contributed by atoms with van der Waals surface area (Å²) in [5, 5.41) is 23.2. The van der Waals surface area contributed by atoms with Gasteiger partial charge in [0.2, 0.25) is 0 Å². The highest BCUT2D eigenvalue weighted by molar-refractivity contribution is 5.67. The number of rotatable bonds is 10. The van der Waals surface area contributed by atoms with Crippen molar-refractivity contribution in [1.29, 1.82) is 0 Å². The standard InChI is InChI=1S/C19H30N2O6/c1-19(2,3)27-18(25)21-12-15(22)13-26-16-9-7-14(8-10-16)6-4-5-11-20-17(23)24/h7-10,15,20,22H,4-6,11-13H2,1-3H3,(H,21,25)(H,23,24). The highest BCUT2D eigenvalue weighted by atomic mass is 16.6. The van der Waals surface area contributed by atoms with E-state index in [0.29, 0.717) is 12.3 Å². The molecule has 1 aromatic rings. The maximum absolute atomic E-state index is 11.5. The van der Waals surface area contributed by atoms with Gasteiger partial charge in [0.1, 0.15) is 24.1 Å². The Morgan fingerprint density at radius 2 is 1.78 bits per heavy atom. The number of aliphatic hydroxyl groups excluding tert-OH is 1. The SMILES string of the molecule is CC(C)(C)OC(=O)NCC(O)COc1ccc(CCCCNC(=O)O)cc1. The summed E-state index contributed by atoms with van der Waals surface area (Å²) in [5.74, 6) is 0.627. The van der Waals surface area contributed by atoms with Crippen LogP contribution >= 0.6 is 0 Å². The number of amides is 2. The fourth-order valence-electron chi connectivity index (χ4n) is 2.17. The highest BCUT2D eigenvalue weighted by Gasteiger charge is 2.16. The van der Waals surface area contributed by atoms with Crippen LogP contribution in [0.25, 0.3) is 0 Å². The number of ether oxygens (including phenoxy) is 2. The zero-order chi connectivity index (χ0) is 20.3. The number of carbonyl (C=O) groups excluding carboxylic acids is 1. The van der Waals surface area contributed by atoms with Crippen LogP contribution in [0.2, 0.25) is 0 Å². The van der Waals surface area contributed by atoms with Crippen LogP contribution in [0.1, 0.15) is 39.2 Å². The summed E-state index contributed by atoms with van der Waals surface area (Å²) in [4.78, 5) is 21.9. The van der Waals surface area contributed by atoms with E-state index in [1.54, 1.807) is 20.8 Å². The van der Waals surface area contributed by atoms with E-state index in [-0.39, 0.29) is 13.2 Å². The average molecular weight is 382 g/mol. The number of aliphatic hydroxyl groups is 1. The molecule has 152 valence electrons. The van der Waals surface area contributed by atoms with Crippen LogP contribution in [0, 0.1) is 0 Å². The molecule has 1 aromatic carbocycles. The van der Waals surface area contributed by atoms with Gasteiger partial charge in [-0.3, -0.25) is 0 Å². The van der Waals surface area contributed by atoms with Gasteiger partial charge in [0, 0.05) is 6.54 Å². The van der Waals surface area contributed by atoms with E-state index >= 15 is 0 Å². The molecular formula is C19H30N2O6. The van der Waals surface area contributed by atoms with Gasteiger partial charge < -0.3 is 30.3 Å². The number of hydrogen-bond donors (Lipinski definition) is 4. The maximum atomic E-state index is 11.5. The Balaban J connectivity index is 2.23. The van der Waals surface area contributed by atoms with Crippen molar-refractivity contribution in [1.82, 2.24) is 10.6 Å². The van der Waals surface area contributed by atoms with Crippen LogP contribution in [0.15, 0.2) is 24.3 Å². The normalized spacial score (nSPS) is 12.1. The van der Waals surface area contributed by atoms with E-state index in [9.17, 15) is 14.7 Å². The monoisotopic (exact) mass is 382 g/mol. The zero-order valence-corrected chi connectivity index (χ0v) is 16.2. The fourth-order valence-corrected chi connectivity index (χ4v) is 2.17. The molecule has 0 bridgehead atoms. The van der Waals surface area contributed by atoms with E-state index in [0.717, 1.165) is 24.8 Å². The van der Waals surface area contributed by atoms with Gasteiger partial charge in [-0.1, -0.05) is 12.1 Å². The number of benzene rings is 1. The molecule has 8 heteroatoms. The van der Waals surface area contributed by atoms with Crippen LogP contribution in [0.5, 0.6) is 5.75 Å². The largest absolute Gasteiger partial charge is 0.491 e. The second kappa shape index (κ2) is 11.3. The Morgan fingerprint density at radius 3 is 2.37 bits per heavy atom. The summed E-state index contributed by atoms with van der Waals surface area (Å²) < 4.78 is 10.6. The molecule has 2 amide bonds. The van der Waals surface area contributed by atoms with Gasteiger partial charge in [-0.05, 0) is 57.7 Å². The molecule has 1 atom stereocenters. The Labute approximate surface area is 159 Å². The van der Waals surface area contributed by atoms with Crippen molar-refractivity contribution in [3.05, 3.63) is 29.8 Å². The summed E-state index contributed by atoms with van der Waals surface area (Å²) >= 11 is 0. The minimum Gasteiger partial charge on any atom is -0.491 e. The molecule has 0 aliphatic carbocycles. The molecule has 0 heterocycles. The summed E-state index contributed by atoms with van der Waals surface area (Å²) in [6, 6.07) is 7.51. The van der Waals surface area contributed by atoms with Crippen LogP contribution in [-0.4, -0.2) is 53.8 Å². The van der Waals surface area contributed by atoms with E-state index in [1.165, 1.54) is 0 Å². The van der Waals surface area contributed by atoms with Crippen LogP contribution < -0.4 is 15.4 Å².